The monoisotopic (exact) mass is 343 g/mol. The normalized spacial score (nSPS) is 11.7. The molecule has 0 unspecified atom stereocenters. The van der Waals surface area contributed by atoms with Gasteiger partial charge in [-0.05, 0) is 18.4 Å². The van der Waals surface area contributed by atoms with E-state index in [0.717, 1.165) is 16.8 Å². The molecule has 0 saturated heterocycles. The van der Waals surface area contributed by atoms with E-state index in [0.29, 0.717) is 12.5 Å². The summed E-state index contributed by atoms with van der Waals surface area (Å²) in [5.41, 5.74) is -0.319. The molecule has 1 aromatic rings. The average molecular weight is 343 g/mol. The fourth-order valence-electron chi connectivity index (χ4n) is 1.78. The highest BCUT2D eigenvalue weighted by atomic mass is 32.2. The highest BCUT2D eigenvalue weighted by Crippen LogP contribution is 2.19. The van der Waals surface area contributed by atoms with E-state index < -0.39 is 20.9 Å². The van der Waals surface area contributed by atoms with Crippen molar-refractivity contribution in [1.82, 2.24) is 9.62 Å². The van der Waals surface area contributed by atoms with Gasteiger partial charge in [-0.3, -0.25) is 14.9 Å². The number of likely N-dealkylation sites (N-methyl/N-ethyl adjacent to an activating group) is 1. The number of amides is 1. The van der Waals surface area contributed by atoms with Gasteiger partial charge in [0.25, 0.3) is 5.69 Å². The Morgan fingerprint density at radius 3 is 2.61 bits per heavy atom. The van der Waals surface area contributed by atoms with E-state index in [9.17, 15) is 23.3 Å². The summed E-state index contributed by atoms with van der Waals surface area (Å²) >= 11 is 0. The number of hydrogen-bond acceptors (Lipinski definition) is 5. The molecule has 0 aliphatic carbocycles. The van der Waals surface area contributed by atoms with Gasteiger partial charge in [-0.25, -0.2) is 8.42 Å². The van der Waals surface area contributed by atoms with Gasteiger partial charge in [-0.1, -0.05) is 19.9 Å². The Kier molecular flexibility index (Phi) is 6.64. The van der Waals surface area contributed by atoms with E-state index in [2.05, 4.69) is 5.32 Å². The number of carbonyl (C=O) groups excluding carboxylic acids is 1. The molecule has 0 saturated carbocycles. The maximum absolute atomic E-state index is 12.3. The van der Waals surface area contributed by atoms with E-state index in [-0.39, 0.29) is 17.1 Å². The molecule has 23 heavy (non-hydrogen) atoms. The highest BCUT2D eigenvalue weighted by molar-refractivity contribution is 7.89. The van der Waals surface area contributed by atoms with Crippen LogP contribution in [0.25, 0.3) is 0 Å². The van der Waals surface area contributed by atoms with Crippen molar-refractivity contribution < 1.29 is 18.1 Å². The molecule has 0 atom stereocenters. The molecule has 1 aromatic carbocycles. The first-order valence-electron chi connectivity index (χ1n) is 7.12. The summed E-state index contributed by atoms with van der Waals surface area (Å²) in [6.07, 6.45) is 0.799. The van der Waals surface area contributed by atoms with Gasteiger partial charge in [0, 0.05) is 25.7 Å². The van der Waals surface area contributed by atoms with Crippen LogP contribution < -0.4 is 5.32 Å². The van der Waals surface area contributed by atoms with Gasteiger partial charge < -0.3 is 5.32 Å². The van der Waals surface area contributed by atoms with Crippen molar-refractivity contribution >= 4 is 21.6 Å². The molecule has 0 aromatic heterocycles. The minimum atomic E-state index is -3.96. The van der Waals surface area contributed by atoms with Gasteiger partial charge in [0.2, 0.25) is 15.9 Å². The fraction of sp³-hybridized carbons (Fsp3) is 0.500. The Morgan fingerprint density at radius 2 is 2.04 bits per heavy atom. The summed E-state index contributed by atoms with van der Waals surface area (Å²) in [6, 6.07) is 4.73. The molecule has 0 bridgehead atoms. The lowest BCUT2D eigenvalue weighted by Gasteiger charge is -2.17. The lowest BCUT2D eigenvalue weighted by Crippen LogP contribution is -2.38. The van der Waals surface area contributed by atoms with E-state index in [1.807, 2.05) is 13.8 Å². The third kappa shape index (κ3) is 5.61. The average Bonchev–Trinajstić information content (AvgIpc) is 2.46. The van der Waals surface area contributed by atoms with Crippen molar-refractivity contribution in [2.24, 2.45) is 5.92 Å². The predicted molar refractivity (Wildman–Crippen MR) is 85.4 cm³/mol. The zero-order valence-electron chi connectivity index (χ0n) is 13.4. The molecule has 0 aliphatic heterocycles. The van der Waals surface area contributed by atoms with E-state index in [1.54, 1.807) is 0 Å². The molecule has 0 aliphatic rings. The Morgan fingerprint density at radius 1 is 1.39 bits per heavy atom. The maximum Gasteiger partial charge on any atom is 0.270 e. The molecule has 1 rings (SSSR count). The molecular weight excluding hydrogens is 322 g/mol. The standard InChI is InChI=1S/C14H21N3O5S/c1-11(2)7-8-15-14(18)10-16(3)23(21,22)13-6-4-5-12(9-13)17(19)20/h4-6,9,11H,7-8,10H2,1-3H3,(H,15,18). The van der Waals surface area contributed by atoms with Crippen LogP contribution in [0.15, 0.2) is 29.2 Å². The minimum Gasteiger partial charge on any atom is -0.355 e. The second kappa shape index (κ2) is 8.02. The van der Waals surface area contributed by atoms with Crippen LogP contribution in [-0.2, 0) is 14.8 Å². The summed E-state index contributed by atoms with van der Waals surface area (Å²) in [7, 11) is -2.70. The Bertz CT molecular complexity index is 673. The molecule has 1 amide bonds. The Hall–Kier alpha value is -2.00. The number of non-ortho nitro benzene ring substituents is 1. The molecule has 0 spiro atoms. The summed E-state index contributed by atoms with van der Waals surface area (Å²) in [5, 5.41) is 13.4. The van der Waals surface area contributed by atoms with E-state index in [1.165, 1.54) is 25.2 Å². The van der Waals surface area contributed by atoms with E-state index >= 15 is 0 Å². The number of benzene rings is 1. The largest absolute Gasteiger partial charge is 0.355 e. The maximum atomic E-state index is 12.3. The second-order valence-corrected chi connectivity index (χ2v) is 7.59. The molecule has 0 radical (unpaired) electrons. The number of nitrogens with zero attached hydrogens (tertiary/aromatic N) is 2. The highest BCUT2D eigenvalue weighted by Gasteiger charge is 2.24. The first-order valence-corrected chi connectivity index (χ1v) is 8.56. The van der Waals surface area contributed by atoms with Gasteiger partial charge in [0.05, 0.1) is 16.4 Å². The lowest BCUT2D eigenvalue weighted by atomic mass is 10.1. The SMILES string of the molecule is CC(C)CCNC(=O)CN(C)S(=O)(=O)c1cccc([N+](=O)[O-])c1. The van der Waals surface area contributed by atoms with Crippen molar-refractivity contribution in [2.45, 2.75) is 25.2 Å². The minimum absolute atomic E-state index is 0.218. The third-order valence-electron chi connectivity index (χ3n) is 3.15. The molecular formula is C14H21N3O5S. The molecule has 128 valence electrons. The third-order valence-corrected chi connectivity index (χ3v) is 4.95. The summed E-state index contributed by atoms with van der Waals surface area (Å²) in [6.45, 7) is 4.17. The zero-order chi connectivity index (χ0) is 17.6. The number of nitro benzene ring substituents is 1. The van der Waals surface area contributed by atoms with Crippen molar-refractivity contribution in [3.63, 3.8) is 0 Å². The van der Waals surface area contributed by atoms with Crippen molar-refractivity contribution in [3.8, 4) is 0 Å². The number of carbonyl (C=O) groups is 1. The Labute approximate surface area is 135 Å². The first kappa shape index (κ1) is 19.0. The van der Waals surface area contributed by atoms with Crippen LogP contribution in [0.5, 0.6) is 0 Å². The molecule has 8 nitrogen and oxygen atoms in total. The van der Waals surface area contributed by atoms with Crippen molar-refractivity contribution in [1.29, 1.82) is 0 Å². The molecule has 9 heteroatoms. The van der Waals surface area contributed by atoms with Crippen LogP contribution in [0, 0.1) is 16.0 Å². The van der Waals surface area contributed by atoms with Crippen molar-refractivity contribution in [2.75, 3.05) is 20.1 Å². The first-order chi connectivity index (χ1) is 10.6. The summed E-state index contributed by atoms with van der Waals surface area (Å²) in [4.78, 5) is 21.6. The smallest absolute Gasteiger partial charge is 0.270 e. The van der Waals surface area contributed by atoms with Crippen LogP contribution >= 0.6 is 0 Å². The molecule has 1 N–H and O–H groups in total. The van der Waals surface area contributed by atoms with Gasteiger partial charge >= 0.3 is 0 Å². The topological polar surface area (TPSA) is 110 Å². The summed E-state index contributed by atoms with van der Waals surface area (Å²) < 4.78 is 25.6. The van der Waals surface area contributed by atoms with Gasteiger partial charge in [-0.15, -0.1) is 0 Å². The van der Waals surface area contributed by atoms with Gasteiger partial charge in [0.15, 0.2) is 0 Å². The second-order valence-electron chi connectivity index (χ2n) is 5.55. The fourth-order valence-corrected chi connectivity index (χ4v) is 2.95. The van der Waals surface area contributed by atoms with Crippen LogP contribution in [0.1, 0.15) is 20.3 Å². The summed E-state index contributed by atoms with van der Waals surface area (Å²) in [5.74, 6) is 0.0174. The zero-order valence-corrected chi connectivity index (χ0v) is 14.2. The predicted octanol–water partition coefficient (Wildman–Crippen LogP) is 1.38. The number of hydrogen-bond donors (Lipinski definition) is 1. The quantitative estimate of drug-likeness (QED) is 0.566. The Balaban J connectivity index is 2.77. The molecule has 0 heterocycles. The number of nitro groups is 1. The van der Waals surface area contributed by atoms with Crippen LogP contribution in [0.3, 0.4) is 0 Å². The lowest BCUT2D eigenvalue weighted by molar-refractivity contribution is -0.385. The van der Waals surface area contributed by atoms with Crippen molar-refractivity contribution in [3.05, 3.63) is 34.4 Å². The molecule has 0 fully saturated rings. The van der Waals surface area contributed by atoms with Crippen LogP contribution in [0.2, 0.25) is 0 Å². The van der Waals surface area contributed by atoms with E-state index in [4.69, 9.17) is 0 Å². The van der Waals surface area contributed by atoms with Crippen LogP contribution in [0.4, 0.5) is 5.69 Å². The number of sulfonamides is 1. The number of rotatable bonds is 8. The van der Waals surface area contributed by atoms with Crippen LogP contribution in [-0.4, -0.2) is 43.7 Å². The van der Waals surface area contributed by atoms with Gasteiger partial charge in [0.1, 0.15) is 0 Å². The number of nitrogens with one attached hydrogen (secondary N) is 1. The van der Waals surface area contributed by atoms with Gasteiger partial charge in [-0.2, -0.15) is 4.31 Å².